The standard InChI is InChI=1S/C19H19Cl2FN2O/c1-13(25)14-3-5-19(18(22)10-14)24-8-6-23(7-9-24)12-15-2-4-16(20)11-17(15)21/h2-5,10-11H,6-9,12H2,1H3. The molecule has 0 bridgehead atoms. The number of piperazine rings is 1. The highest BCUT2D eigenvalue weighted by Crippen LogP contribution is 2.25. The van der Waals surface area contributed by atoms with Crippen LogP contribution in [0.5, 0.6) is 0 Å². The molecule has 132 valence electrons. The minimum atomic E-state index is -0.345. The first-order valence-corrected chi connectivity index (χ1v) is 8.91. The van der Waals surface area contributed by atoms with E-state index in [0.29, 0.717) is 21.3 Å². The Bertz CT molecular complexity index is 789. The molecular weight excluding hydrogens is 362 g/mol. The molecule has 1 saturated heterocycles. The fourth-order valence-corrected chi connectivity index (χ4v) is 3.49. The number of carbonyl (C=O) groups is 1. The number of rotatable bonds is 4. The number of halogens is 3. The molecule has 0 saturated carbocycles. The maximum atomic E-state index is 14.3. The van der Waals surface area contributed by atoms with Crippen molar-refractivity contribution < 1.29 is 9.18 Å². The molecule has 2 aromatic carbocycles. The Balaban J connectivity index is 1.63. The molecule has 0 N–H and O–H groups in total. The molecule has 0 amide bonds. The lowest BCUT2D eigenvalue weighted by Crippen LogP contribution is -2.46. The van der Waals surface area contributed by atoms with Gasteiger partial charge in [0, 0.05) is 48.3 Å². The van der Waals surface area contributed by atoms with Crippen molar-refractivity contribution in [3.63, 3.8) is 0 Å². The summed E-state index contributed by atoms with van der Waals surface area (Å²) in [5, 5.41) is 1.30. The van der Waals surface area contributed by atoms with E-state index in [4.69, 9.17) is 23.2 Å². The SMILES string of the molecule is CC(=O)c1ccc(N2CCN(Cc3ccc(Cl)cc3Cl)CC2)c(F)c1. The molecule has 2 aromatic rings. The second-order valence-electron chi connectivity index (χ2n) is 6.22. The van der Waals surface area contributed by atoms with Crippen LogP contribution in [0.25, 0.3) is 0 Å². The molecule has 0 aliphatic carbocycles. The van der Waals surface area contributed by atoms with Crippen LogP contribution < -0.4 is 4.90 Å². The maximum Gasteiger partial charge on any atom is 0.159 e. The van der Waals surface area contributed by atoms with Gasteiger partial charge in [0.25, 0.3) is 0 Å². The van der Waals surface area contributed by atoms with Gasteiger partial charge in [-0.15, -0.1) is 0 Å². The molecule has 6 heteroatoms. The smallest absolute Gasteiger partial charge is 0.159 e. The lowest BCUT2D eigenvalue weighted by Gasteiger charge is -2.36. The number of benzene rings is 2. The van der Waals surface area contributed by atoms with E-state index in [-0.39, 0.29) is 11.6 Å². The van der Waals surface area contributed by atoms with Gasteiger partial charge in [0.05, 0.1) is 5.69 Å². The Kier molecular flexibility index (Phi) is 5.62. The van der Waals surface area contributed by atoms with Gasteiger partial charge in [-0.25, -0.2) is 4.39 Å². The highest BCUT2D eigenvalue weighted by molar-refractivity contribution is 6.35. The molecule has 3 rings (SSSR count). The first-order valence-electron chi connectivity index (χ1n) is 8.16. The van der Waals surface area contributed by atoms with Gasteiger partial charge < -0.3 is 4.90 Å². The molecular formula is C19H19Cl2FN2O. The molecule has 1 heterocycles. The van der Waals surface area contributed by atoms with Gasteiger partial charge in [-0.05, 0) is 42.8 Å². The van der Waals surface area contributed by atoms with E-state index < -0.39 is 0 Å². The van der Waals surface area contributed by atoms with Crippen LogP contribution in [0.3, 0.4) is 0 Å². The van der Waals surface area contributed by atoms with E-state index in [9.17, 15) is 9.18 Å². The van der Waals surface area contributed by atoms with Crippen molar-refractivity contribution in [1.82, 2.24) is 4.90 Å². The van der Waals surface area contributed by atoms with Gasteiger partial charge in [0.1, 0.15) is 5.82 Å². The Hall–Kier alpha value is -1.62. The molecule has 1 aliphatic rings. The molecule has 1 aliphatic heterocycles. The fourth-order valence-electron chi connectivity index (χ4n) is 3.02. The van der Waals surface area contributed by atoms with Gasteiger partial charge in [0.15, 0.2) is 5.78 Å². The zero-order chi connectivity index (χ0) is 18.0. The second-order valence-corrected chi connectivity index (χ2v) is 7.06. The monoisotopic (exact) mass is 380 g/mol. The first-order chi connectivity index (χ1) is 11.9. The summed E-state index contributed by atoms with van der Waals surface area (Å²) in [5.74, 6) is -0.475. The summed E-state index contributed by atoms with van der Waals surface area (Å²) >= 11 is 12.2. The van der Waals surface area contributed by atoms with Crippen LogP contribution in [0, 0.1) is 5.82 Å². The summed E-state index contributed by atoms with van der Waals surface area (Å²) in [6.07, 6.45) is 0. The molecule has 0 atom stereocenters. The summed E-state index contributed by atoms with van der Waals surface area (Å²) < 4.78 is 14.3. The van der Waals surface area contributed by atoms with E-state index in [0.717, 1.165) is 38.3 Å². The Labute approximate surface area is 156 Å². The number of hydrogen-bond acceptors (Lipinski definition) is 3. The zero-order valence-corrected chi connectivity index (χ0v) is 15.4. The summed E-state index contributed by atoms with van der Waals surface area (Å²) in [5.41, 5.74) is 1.99. The van der Waals surface area contributed by atoms with E-state index in [2.05, 4.69) is 4.90 Å². The molecule has 25 heavy (non-hydrogen) atoms. The van der Waals surface area contributed by atoms with Crippen LogP contribution >= 0.6 is 23.2 Å². The number of anilines is 1. The third-order valence-corrected chi connectivity index (χ3v) is 5.06. The summed E-state index contributed by atoms with van der Waals surface area (Å²) in [6.45, 7) is 5.26. The van der Waals surface area contributed by atoms with Crippen LogP contribution in [0.15, 0.2) is 36.4 Å². The van der Waals surface area contributed by atoms with Crippen molar-refractivity contribution in [3.05, 3.63) is 63.4 Å². The first kappa shape index (κ1) is 18.2. The average molecular weight is 381 g/mol. The van der Waals surface area contributed by atoms with E-state index in [1.807, 2.05) is 17.0 Å². The van der Waals surface area contributed by atoms with Crippen LogP contribution in [-0.4, -0.2) is 36.9 Å². The third kappa shape index (κ3) is 4.32. The van der Waals surface area contributed by atoms with Crippen LogP contribution in [0.4, 0.5) is 10.1 Å². The van der Waals surface area contributed by atoms with E-state index in [1.54, 1.807) is 18.2 Å². The van der Waals surface area contributed by atoms with Gasteiger partial charge >= 0.3 is 0 Å². The van der Waals surface area contributed by atoms with Gasteiger partial charge in [-0.1, -0.05) is 29.3 Å². The molecule has 0 spiro atoms. The summed E-state index contributed by atoms with van der Waals surface area (Å²) in [7, 11) is 0. The van der Waals surface area contributed by atoms with Crippen LogP contribution in [0.2, 0.25) is 10.0 Å². The molecule has 0 aromatic heterocycles. The Morgan fingerprint density at radius 2 is 1.80 bits per heavy atom. The predicted octanol–water partition coefficient (Wildman–Crippen LogP) is 4.66. The van der Waals surface area contributed by atoms with Crippen molar-refractivity contribution in [1.29, 1.82) is 0 Å². The number of hydrogen-bond donors (Lipinski definition) is 0. The van der Waals surface area contributed by atoms with Gasteiger partial charge in [0.2, 0.25) is 0 Å². The number of nitrogens with zero attached hydrogens (tertiary/aromatic N) is 2. The topological polar surface area (TPSA) is 23.6 Å². The van der Waals surface area contributed by atoms with Crippen molar-refractivity contribution >= 4 is 34.7 Å². The van der Waals surface area contributed by atoms with Crippen molar-refractivity contribution in [2.75, 3.05) is 31.1 Å². The van der Waals surface area contributed by atoms with Crippen molar-refractivity contribution in [2.24, 2.45) is 0 Å². The highest BCUT2D eigenvalue weighted by Gasteiger charge is 2.20. The Morgan fingerprint density at radius 3 is 2.40 bits per heavy atom. The molecule has 0 unspecified atom stereocenters. The van der Waals surface area contributed by atoms with E-state index >= 15 is 0 Å². The normalized spacial score (nSPS) is 15.4. The quantitative estimate of drug-likeness (QED) is 0.720. The lowest BCUT2D eigenvalue weighted by atomic mass is 10.1. The van der Waals surface area contributed by atoms with Crippen molar-refractivity contribution in [2.45, 2.75) is 13.5 Å². The molecule has 1 fully saturated rings. The lowest BCUT2D eigenvalue weighted by molar-refractivity contribution is 0.101. The number of Topliss-reactive ketones (excluding diaryl/α,β-unsaturated/α-hetero) is 1. The minimum absolute atomic E-state index is 0.130. The maximum absolute atomic E-state index is 14.3. The van der Waals surface area contributed by atoms with E-state index in [1.165, 1.54) is 13.0 Å². The van der Waals surface area contributed by atoms with Gasteiger partial charge in [-0.2, -0.15) is 0 Å². The number of ketones is 1. The summed E-state index contributed by atoms with van der Waals surface area (Å²) in [4.78, 5) is 15.6. The average Bonchev–Trinajstić information content (AvgIpc) is 2.58. The van der Waals surface area contributed by atoms with Gasteiger partial charge in [-0.3, -0.25) is 9.69 Å². The second kappa shape index (κ2) is 7.73. The highest BCUT2D eigenvalue weighted by atomic mass is 35.5. The van der Waals surface area contributed by atoms with Crippen LogP contribution in [0.1, 0.15) is 22.8 Å². The molecule has 0 radical (unpaired) electrons. The number of carbonyl (C=O) groups excluding carboxylic acids is 1. The van der Waals surface area contributed by atoms with Crippen LogP contribution in [-0.2, 0) is 6.54 Å². The predicted molar refractivity (Wildman–Crippen MR) is 100 cm³/mol. The van der Waals surface area contributed by atoms with Crippen molar-refractivity contribution in [3.8, 4) is 0 Å². The molecule has 3 nitrogen and oxygen atoms in total. The Morgan fingerprint density at radius 1 is 1.08 bits per heavy atom. The largest absolute Gasteiger partial charge is 0.367 e. The minimum Gasteiger partial charge on any atom is -0.367 e. The summed E-state index contributed by atoms with van der Waals surface area (Å²) in [6, 6.07) is 10.2. The fraction of sp³-hybridized carbons (Fsp3) is 0.316. The zero-order valence-electron chi connectivity index (χ0n) is 13.9. The third-order valence-electron chi connectivity index (χ3n) is 4.48.